The average molecular weight is 257 g/mol. The van der Waals surface area contributed by atoms with Crippen LogP contribution < -0.4 is 10.5 Å². The predicted molar refractivity (Wildman–Crippen MR) is 67.5 cm³/mol. The minimum Gasteiger partial charge on any atom is -0.494 e. The van der Waals surface area contributed by atoms with Gasteiger partial charge in [0.2, 0.25) is 0 Å². The van der Waals surface area contributed by atoms with Crippen molar-refractivity contribution in [3.8, 4) is 5.75 Å². The van der Waals surface area contributed by atoms with Crippen molar-refractivity contribution < 1.29 is 4.74 Å². The van der Waals surface area contributed by atoms with E-state index in [1.165, 1.54) is 0 Å². The molecule has 0 bridgehead atoms. The number of nitrogen functional groups attached to an aromatic ring is 1. The van der Waals surface area contributed by atoms with Crippen LogP contribution in [0, 0.1) is 6.92 Å². The molecule has 1 aromatic carbocycles. The fraction of sp³-hybridized carbons (Fsp3) is 0.182. The molecule has 5 heteroatoms. The molecule has 0 amide bonds. The Kier molecular flexibility index (Phi) is 2.82. The zero-order valence-electron chi connectivity index (χ0n) is 8.84. The highest BCUT2D eigenvalue weighted by Crippen LogP contribution is 2.38. The molecule has 2 aromatic rings. The molecular weight excluding hydrogens is 247 g/mol. The van der Waals surface area contributed by atoms with Gasteiger partial charge in [0, 0.05) is 5.39 Å². The van der Waals surface area contributed by atoms with Gasteiger partial charge in [-0.1, -0.05) is 23.2 Å². The van der Waals surface area contributed by atoms with E-state index in [0.717, 1.165) is 0 Å². The molecule has 0 spiro atoms. The molecule has 1 aromatic heterocycles. The van der Waals surface area contributed by atoms with Crippen molar-refractivity contribution in [1.82, 2.24) is 4.98 Å². The number of aryl methyl sites for hydroxylation is 1. The van der Waals surface area contributed by atoms with Crippen LogP contribution in [0.4, 0.5) is 5.69 Å². The van der Waals surface area contributed by atoms with Gasteiger partial charge in [0.1, 0.15) is 11.3 Å². The molecule has 2 rings (SSSR count). The Balaban J connectivity index is 2.98. The normalized spacial score (nSPS) is 10.8. The first kappa shape index (κ1) is 11.3. The number of benzene rings is 1. The minimum absolute atomic E-state index is 0.433. The van der Waals surface area contributed by atoms with Gasteiger partial charge in [0.25, 0.3) is 0 Å². The van der Waals surface area contributed by atoms with Gasteiger partial charge in [-0.05, 0) is 19.1 Å². The summed E-state index contributed by atoms with van der Waals surface area (Å²) in [6, 6.07) is 3.47. The van der Waals surface area contributed by atoms with Crippen molar-refractivity contribution in [3.63, 3.8) is 0 Å². The molecular formula is C11H10Cl2N2O. The van der Waals surface area contributed by atoms with Crippen LogP contribution in [0.1, 0.15) is 5.69 Å². The van der Waals surface area contributed by atoms with E-state index in [2.05, 4.69) is 4.98 Å². The number of pyridine rings is 1. The molecule has 0 atom stereocenters. The average Bonchev–Trinajstić information content (AvgIpc) is 2.26. The second-order valence-corrected chi connectivity index (χ2v) is 4.18. The van der Waals surface area contributed by atoms with E-state index in [-0.39, 0.29) is 0 Å². The summed E-state index contributed by atoms with van der Waals surface area (Å²) in [4.78, 5) is 4.35. The maximum atomic E-state index is 6.08. The first-order valence-corrected chi connectivity index (χ1v) is 5.39. The van der Waals surface area contributed by atoms with E-state index >= 15 is 0 Å². The predicted octanol–water partition coefficient (Wildman–Crippen LogP) is 3.44. The van der Waals surface area contributed by atoms with E-state index < -0.39 is 0 Å². The van der Waals surface area contributed by atoms with Crippen LogP contribution in [0.5, 0.6) is 5.75 Å². The highest BCUT2D eigenvalue weighted by Gasteiger charge is 2.14. The van der Waals surface area contributed by atoms with Gasteiger partial charge in [-0.15, -0.1) is 0 Å². The highest BCUT2D eigenvalue weighted by molar-refractivity contribution is 6.40. The summed E-state index contributed by atoms with van der Waals surface area (Å²) in [6.45, 7) is 1.79. The van der Waals surface area contributed by atoms with Crippen molar-refractivity contribution in [3.05, 3.63) is 27.9 Å². The van der Waals surface area contributed by atoms with Crippen LogP contribution >= 0.6 is 23.2 Å². The fourth-order valence-corrected chi connectivity index (χ4v) is 1.99. The molecule has 0 unspecified atom stereocenters. The van der Waals surface area contributed by atoms with Crippen molar-refractivity contribution in [2.24, 2.45) is 0 Å². The van der Waals surface area contributed by atoms with Crippen molar-refractivity contribution in [1.29, 1.82) is 0 Å². The molecule has 0 aliphatic heterocycles. The molecule has 16 heavy (non-hydrogen) atoms. The first-order valence-electron chi connectivity index (χ1n) is 4.64. The van der Waals surface area contributed by atoms with Crippen LogP contribution in [0.25, 0.3) is 10.9 Å². The fourth-order valence-electron chi connectivity index (χ4n) is 1.60. The van der Waals surface area contributed by atoms with E-state index in [9.17, 15) is 0 Å². The first-order chi connectivity index (χ1) is 7.56. The van der Waals surface area contributed by atoms with Gasteiger partial charge in [-0.2, -0.15) is 0 Å². The largest absolute Gasteiger partial charge is 0.494 e. The second-order valence-electron chi connectivity index (χ2n) is 3.40. The summed E-state index contributed by atoms with van der Waals surface area (Å²) in [5, 5.41) is 1.59. The second kappa shape index (κ2) is 4.00. The van der Waals surface area contributed by atoms with Crippen LogP contribution in [0.15, 0.2) is 12.1 Å². The molecule has 0 saturated heterocycles. The summed E-state index contributed by atoms with van der Waals surface area (Å²) < 4.78 is 5.21. The van der Waals surface area contributed by atoms with Crippen LogP contribution in [0.3, 0.4) is 0 Å². The topological polar surface area (TPSA) is 48.1 Å². The number of hydrogen-bond acceptors (Lipinski definition) is 3. The number of halogens is 2. The Morgan fingerprint density at radius 2 is 2.00 bits per heavy atom. The summed E-state index contributed by atoms with van der Waals surface area (Å²) >= 11 is 12.1. The smallest absolute Gasteiger partial charge is 0.145 e. The van der Waals surface area contributed by atoms with E-state index in [0.29, 0.717) is 38.1 Å². The summed E-state index contributed by atoms with van der Waals surface area (Å²) in [7, 11) is 1.57. The number of rotatable bonds is 1. The maximum Gasteiger partial charge on any atom is 0.145 e. The summed E-state index contributed by atoms with van der Waals surface area (Å²) in [5.74, 6) is 0.630. The quantitative estimate of drug-likeness (QED) is 0.851. The lowest BCUT2D eigenvalue weighted by atomic mass is 10.1. The third kappa shape index (κ3) is 1.56. The van der Waals surface area contributed by atoms with Crippen LogP contribution in [-0.2, 0) is 0 Å². The standard InChI is InChI=1S/C11H10Cl2N2O/c1-5-9(13)10(14)8-6(12)3-4-7(16-2)11(8)15-5/h3-4H,1-2H3,(H2,14,15). The zero-order chi connectivity index (χ0) is 11.9. The minimum atomic E-state index is 0.433. The molecule has 3 nitrogen and oxygen atoms in total. The Labute approximate surface area is 103 Å². The van der Waals surface area contributed by atoms with E-state index in [1.54, 1.807) is 26.2 Å². The summed E-state index contributed by atoms with van der Waals surface area (Å²) in [6.07, 6.45) is 0. The van der Waals surface area contributed by atoms with E-state index in [4.69, 9.17) is 33.7 Å². The van der Waals surface area contributed by atoms with Gasteiger partial charge in [0.15, 0.2) is 0 Å². The van der Waals surface area contributed by atoms with Crippen LogP contribution in [0.2, 0.25) is 10.0 Å². The molecule has 84 valence electrons. The molecule has 1 heterocycles. The highest BCUT2D eigenvalue weighted by atomic mass is 35.5. The summed E-state index contributed by atoms with van der Waals surface area (Å²) in [5.41, 5.74) is 7.66. The number of ether oxygens (including phenoxy) is 1. The van der Waals surface area contributed by atoms with Crippen molar-refractivity contribution >= 4 is 39.8 Å². The Morgan fingerprint density at radius 3 is 2.62 bits per heavy atom. The van der Waals surface area contributed by atoms with Gasteiger partial charge in [-0.3, -0.25) is 0 Å². The van der Waals surface area contributed by atoms with Gasteiger partial charge >= 0.3 is 0 Å². The van der Waals surface area contributed by atoms with Gasteiger partial charge in [0.05, 0.1) is 28.5 Å². The molecule has 0 saturated carbocycles. The molecule has 0 aliphatic rings. The zero-order valence-corrected chi connectivity index (χ0v) is 10.4. The van der Waals surface area contributed by atoms with Crippen molar-refractivity contribution in [2.75, 3.05) is 12.8 Å². The lowest BCUT2D eigenvalue weighted by Gasteiger charge is -2.11. The number of hydrogen-bond donors (Lipinski definition) is 1. The van der Waals surface area contributed by atoms with Gasteiger partial charge in [-0.25, -0.2) is 4.98 Å². The Hall–Kier alpha value is -1.19. The third-order valence-corrected chi connectivity index (χ3v) is 3.21. The lowest BCUT2D eigenvalue weighted by molar-refractivity contribution is 0.419. The maximum absolute atomic E-state index is 6.08. The number of fused-ring (bicyclic) bond motifs is 1. The van der Waals surface area contributed by atoms with Crippen LogP contribution in [-0.4, -0.2) is 12.1 Å². The number of methoxy groups -OCH3 is 1. The lowest BCUT2D eigenvalue weighted by Crippen LogP contribution is -1.97. The number of aromatic nitrogens is 1. The van der Waals surface area contributed by atoms with Crippen molar-refractivity contribution in [2.45, 2.75) is 6.92 Å². The third-order valence-electron chi connectivity index (χ3n) is 2.41. The number of anilines is 1. The Morgan fingerprint density at radius 1 is 1.31 bits per heavy atom. The molecule has 2 N–H and O–H groups in total. The number of nitrogens with two attached hydrogens (primary N) is 1. The molecule has 0 fully saturated rings. The number of nitrogens with zero attached hydrogens (tertiary/aromatic N) is 1. The van der Waals surface area contributed by atoms with Gasteiger partial charge < -0.3 is 10.5 Å². The molecule has 0 radical (unpaired) electrons. The van der Waals surface area contributed by atoms with E-state index in [1.807, 2.05) is 0 Å². The SMILES string of the molecule is COc1ccc(Cl)c2c(N)c(Cl)c(C)nc12. The molecule has 0 aliphatic carbocycles. The Bertz CT molecular complexity index is 570. The monoisotopic (exact) mass is 256 g/mol.